The third kappa shape index (κ3) is 3.58. The molecule has 2 aromatic rings. The molecular formula is C19H23N3O3. The van der Waals surface area contributed by atoms with Crippen LogP contribution in [-0.2, 0) is 13.0 Å². The van der Waals surface area contributed by atoms with Gasteiger partial charge in [-0.15, -0.1) is 0 Å². The van der Waals surface area contributed by atoms with Gasteiger partial charge in [0.1, 0.15) is 0 Å². The largest absolute Gasteiger partial charge is 0.395 e. The topological polar surface area (TPSA) is 74.6 Å². The lowest BCUT2D eigenvalue weighted by molar-refractivity contribution is 0.162. The molecule has 6 heteroatoms. The number of carbonyl (C=O) groups excluding carboxylic acids is 1. The molecule has 2 N–H and O–H groups in total. The van der Waals surface area contributed by atoms with E-state index >= 15 is 0 Å². The Bertz CT molecular complexity index is 816. The normalized spacial score (nSPS) is 15.7. The molecule has 3 rings (SSSR count). The summed E-state index contributed by atoms with van der Waals surface area (Å²) in [6, 6.07) is 10.8. The summed E-state index contributed by atoms with van der Waals surface area (Å²) in [4.78, 5) is 26.2. The monoisotopic (exact) mass is 341 g/mol. The second-order valence-electron chi connectivity index (χ2n) is 6.14. The van der Waals surface area contributed by atoms with Gasteiger partial charge >= 0.3 is 6.03 Å². The van der Waals surface area contributed by atoms with E-state index in [1.807, 2.05) is 25.1 Å². The molecule has 0 spiro atoms. The van der Waals surface area contributed by atoms with Crippen LogP contribution < -0.4 is 10.9 Å². The maximum Gasteiger partial charge on any atom is 0.322 e. The molecule has 1 unspecified atom stereocenters. The van der Waals surface area contributed by atoms with E-state index in [9.17, 15) is 14.7 Å². The Hall–Kier alpha value is -2.60. The van der Waals surface area contributed by atoms with Gasteiger partial charge in [0.15, 0.2) is 0 Å². The van der Waals surface area contributed by atoms with Gasteiger partial charge in [-0.3, -0.25) is 4.79 Å². The molecule has 0 fully saturated rings. The number of aliphatic hydroxyl groups excluding tert-OH is 1. The van der Waals surface area contributed by atoms with Crippen LogP contribution in [0.4, 0.5) is 10.5 Å². The van der Waals surface area contributed by atoms with Crippen LogP contribution in [0, 0.1) is 0 Å². The quantitative estimate of drug-likeness (QED) is 0.877. The van der Waals surface area contributed by atoms with Crippen molar-refractivity contribution >= 4 is 11.7 Å². The maximum absolute atomic E-state index is 12.8. The molecule has 0 aliphatic heterocycles. The molecule has 1 aliphatic carbocycles. The minimum absolute atomic E-state index is 0.0413. The Balaban J connectivity index is 1.81. The SMILES string of the molecule is CCn1cc(NC(=O)N(CCO)C2CCc3ccccc32)ccc1=O. The standard InChI is InChI=1S/C19H23N3O3/c1-2-21-13-15(8-10-18(21)24)20-19(25)22(11-12-23)17-9-7-14-5-3-4-6-16(14)17/h3-6,8,10,13,17,23H,2,7,9,11-12H2,1H3,(H,20,25). The van der Waals surface area contributed by atoms with Crippen molar-refractivity contribution in [1.82, 2.24) is 9.47 Å². The number of nitrogens with one attached hydrogen (secondary N) is 1. The minimum atomic E-state index is -0.267. The number of nitrogens with zero attached hydrogens (tertiary/aromatic N) is 2. The van der Waals surface area contributed by atoms with Gasteiger partial charge < -0.3 is 19.9 Å². The fourth-order valence-electron chi connectivity index (χ4n) is 3.41. The van der Waals surface area contributed by atoms with Crippen molar-refractivity contribution in [3.05, 3.63) is 64.1 Å². The van der Waals surface area contributed by atoms with Gasteiger partial charge in [-0.2, -0.15) is 0 Å². The van der Waals surface area contributed by atoms with Gasteiger partial charge in [-0.25, -0.2) is 4.79 Å². The summed E-state index contributed by atoms with van der Waals surface area (Å²) >= 11 is 0. The smallest absolute Gasteiger partial charge is 0.322 e. The first-order valence-corrected chi connectivity index (χ1v) is 8.60. The molecular weight excluding hydrogens is 318 g/mol. The number of fused-ring (bicyclic) bond motifs is 1. The molecule has 6 nitrogen and oxygen atoms in total. The third-order valence-electron chi connectivity index (χ3n) is 4.65. The van der Waals surface area contributed by atoms with Crippen molar-refractivity contribution < 1.29 is 9.90 Å². The van der Waals surface area contributed by atoms with Gasteiger partial charge in [-0.05, 0) is 37.0 Å². The van der Waals surface area contributed by atoms with E-state index in [0.717, 1.165) is 18.4 Å². The van der Waals surface area contributed by atoms with E-state index in [1.165, 1.54) is 16.2 Å². The zero-order valence-corrected chi connectivity index (χ0v) is 14.3. The predicted molar refractivity (Wildman–Crippen MR) is 96.7 cm³/mol. The van der Waals surface area contributed by atoms with Gasteiger partial charge in [0, 0.05) is 25.4 Å². The van der Waals surface area contributed by atoms with E-state index < -0.39 is 0 Å². The number of urea groups is 1. The van der Waals surface area contributed by atoms with E-state index in [2.05, 4.69) is 11.4 Å². The predicted octanol–water partition coefficient (Wildman–Crippen LogP) is 2.38. The molecule has 0 saturated heterocycles. The van der Waals surface area contributed by atoms with Crippen molar-refractivity contribution in [3.8, 4) is 0 Å². The van der Waals surface area contributed by atoms with Gasteiger partial charge in [0.05, 0.1) is 18.3 Å². The van der Waals surface area contributed by atoms with Crippen molar-refractivity contribution in [3.63, 3.8) is 0 Å². The van der Waals surface area contributed by atoms with Crippen LogP contribution >= 0.6 is 0 Å². The van der Waals surface area contributed by atoms with Crippen LogP contribution in [0.5, 0.6) is 0 Å². The number of aliphatic hydroxyl groups is 1. The lowest BCUT2D eigenvalue weighted by Crippen LogP contribution is -2.39. The van der Waals surface area contributed by atoms with Crippen molar-refractivity contribution in [2.24, 2.45) is 0 Å². The first-order chi connectivity index (χ1) is 12.1. The number of aryl methyl sites for hydroxylation is 2. The number of carbonyl (C=O) groups is 1. The van der Waals surface area contributed by atoms with Crippen LogP contribution in [0.2, 0.25) is 0 Å². The van der Waals surface area contributed by atoms with Crippen molar-refractivity contribution in [2.45, 2.75) is 32.4 Å². The minimum Gasteiger partial charge on any atom is -0.395 e. The molecule has 0 bridgehead atoms. The number of pyridine rings is 1. The Labute approximate surface area is 146 Å². The Morgan fingerprint density at radius 2 is 2.12 bits per heavy atom. The summed E-state index contributed by atoms with van der Waals surface area (Å²) in [6.07, 6.45) is 3.41. The summed E-state index contributed by atoms with van der Waals surface area (Å²) in [6.45, 7) is 2.58. The van der Waals surface area contributed by atoms with Crippen LogP contribution in [0.1, 0.15) is 30.5 Å². The average molecular weight is 341 g/mol. The highest BCUT2D eigenvalue weighted by atomic mass is 16.3. The molecule has 1 heterocycles. The Kier molecular flexibility index (Phi) is 5.19. The van der Waals surface area contributed by atoms with E-state index in [1.54, 1.807) is 17.2 Å². The molecule has 0 saturated carbocycles. The first-order valence-electron chi connectivity index (χ1n) is 8.60. The summed E-state index contributed by atoms with van der Waals surface area (Å²) in [5.41, 5.74) is 2.87. The van der Waals surface area contributed by atoms with Crippen molar-refractivity contribution in [2.75, 3.05) is 18.5 Å². The van der Waals surface area contributed by atoms with Gasteiger partial charge in [0.2, 0.25) is 0 Å². The Morgan fingerprint density at radius 1 is 1.32 bits per heavy atom. The number of amides is 2. The third-order valence-corrected chi connectivity index (χ3v) is 4.65. The molecule has 25 heavy (non-hydrogen) atoms. The number of rotatable bonds is 5. The molecule has 1 aromatic carbocycles. The molecule has 1 atom stereocenters. The highest BCUT2D eigenvalue weighted by molar-refractivity contribution is 5.89. The Morgan fingerprint density at radius 3 is 2.88 bits per heavy atom. The number of anilines is 1. The van der Waals surface area contributed by atoms with Gasteiger partial charge in [-0.1, -0.05) is 24.3 Å². The molecule has 1 aliphatic rings. The zero-order chi connectivity index (χ0) is 17.8. The zero-order valence-electron chi connectivity index (χ0n) is 14.3. The second-order valence-corrected chi connectivity index (χ2v) is 6.14. The van der Waals surface area contributed by atoms with E-state index in [4.69, 9.17) is 0 Å². The summed E-state index contributed by atoms with van der Waals surface area (Å²) < 4.78 is 1.54. The number of aromatic nitrogens is 1. The van der Waals surface area contributed by atoms with Crippen LogP contribution in [0.25, 0.3) is 0 Å². The van der Waals surface area contributed by atoms with Gasteiger partial charge in [0.25, 0.3) is 5.56 Å². The average Bonchev–Trinajstić information content (AvgIpc) is 3.05. The highest BCUT2D eigenvalue weighted by Gasteiger charge is 2.30. The summed E-state index contributed by atoms with van der Waals surface area (Å²) in [5.74, 6) is 0. The number of hydrogen-bond acceptors (Lipinski definition) is 3. The maximum atomic E-state index is 12.8. The molecule has 132 valence electrons. The van der Waals surface area contributed by atoms with Crippen molar-refractivity contribution in [1.29, 1.82) is 0 Å². The highest BCUT2D eigenvalue weighted by Crippen LogP contribution is 2.35. The first kappa shape index (κ1) is 17.2. The van der Waals surface area contributed by atoms with Crippen LogP contribution in [-0.4, -0.2) is 33.8 Å². The molecule has 1 aromatic heterocycles. The lowest BCUT2D eigenvalue weighted by Gasteiger charge is -2.29. The van der Waals surface area contributed by atoms with E-state index in [-0.39, 0.29) is 30.8 Å². The summed E-state index contributed by atoms with van der Waals surface area (Å²) in [5, 5.41) is 12.3. The molecule has 0 radical (unpaired) electrons. The summed E-state index contributed by atoms with van der Waals surface area (Å²) in [7, 11) is 0. The fourth-order valence-corrected chi connectivity index (χ4v) is 3.41. The second kappa shape index (κ2) is 7.53. The van der Waals surface area contributed by atoms with E-state index in [0.29, 0.717) is 12.2 Å². The molecule has 2 amide bonds. The number of hydrogen-bond donors (Lipinski definition) is 2. The van der Waals surface area contributed by atoms with Crippen LogP contribution in [0.15, 0.2) is 47.4 Å². The fraction of sp³-hybridized carbons (Fsp3) is 0.368. The van der Waals surface area contributed by atoms with Crippen LogP contribution in [0.3, 0.4) is 0 Å². The lowest BCUT2D eigenvalue weighted by atomic mass is 10.1. The number of benzene rings is 1.